The van der Waals surface area contributed by atoms with Crippen LogP contribution in [-0.2, 0) is 6.42 Å². The van der Waals surface area contributed by atoms with Crippen LogP contribution in [0.2, 0.25) is 0 Å². The van der Waals surface area contributed by atoms with Crippen molar-refractivity contribution in [2.24, 2.45) is 17.1 Å². The Bertz CT molecular complexity index is 452. The maximum Gasteiger partial charge on any atom is 0.252 e. The van der Waals surface area contributed by atoms with Crippen LogP contribution < -0.4 is 11.5 Å². The number of hydrogen-bond acceptors (Lipinski definition) is 4. The molecule has 1 saturated carbocycles. The number of nitrogens with two attached hydrogens (primary N) is 2. The van der Waals surface area contributed by atoms with Crippen LogP contribution in [0.15, 0.2) is 6.20 Å². The Morgan fingerprint density at radius 1 is 1.53 bits per heavy atom. The first-order valence-electron chi connectivity index (χ1n) is 5.81. The first-order valence-corrected chi connectivity index (χ1v) is 5.81. The number of nitrogens with zero attached hydrogens (tertiary/aromatic N) is 2. The first kappa shape index (κ1) is 11.8. The minimum atomic E-state index is -0.494. The van der Waals surface area contributed by atoms with Crippen molar-refractivity contribution in [3.05, 3.63) is 17.5 Å². The van der Waals surface area contributed by atoms with Gasteiger partial charge in [-0.1, -0.05) is 13.8 Å². The van der Waals surface area contributed by atoms with Crippen LogP contribution in [0.5, 0.6) is 0 Å². The molecule has 1 fully saturated rings. The Hall–Kier alpha value is -1.65. The van der Waals surface area contributed by atoms with Crippen molar-refractivity contribution in [1.29, 1.82) is 0 Å². The number of amides is 1. The molecule has 0 radical (unpaired) electrons. The third kappa shape index (κ3) is 2.54. The lowest BCUT2D eigenvalue weighted by molar-refractivity contribution is 0.0998. The summed E-state index contributed by atoms with van der Waals surface area (Å²) >= 11 is 0. The van der Waals surface area contributed by atoms with Crippen LogP contribution in [0.3, 0.4) is 0 Å². The summed E-state index contributed by atoms with van der Waals surface area (Å²) in [6.45, 7) is 4.38. The van der Waals surface area contributed by atoms with E-state index in [1.165, 1.54) is 19.0 Å². The van der Waals surface area contributed by atoms with Crippen LogP contribution in [0.1, 0.15) is 42.7 Å². The van der Waals surface area contributed by atoms with E-state index in [2.05, 4.69) is 23.8 Å². The first-order chi connectivity index (χ1) is 7.90. The van der Waals surface area contributed by atoms with Crippen LogP contribution in [0.25, 0.3) is 0 Å². The van der Waals surface area contributed by atoms with E-state index in [1.807, 2.05) is 0 Å². The number of carbonyl (C=O) groups is 1. The van der Waals surface area contributed by atoms with Gasteiger partial charge < -0.3 is 11.5 Å². The lowest BCUT2D eigenvalue weighted by Gasteiger charge is -2.24. The van der Waals surface area contributed by atoms with Crippen molar-refractivity contribution in [1.82, 2.24) is 9.97 Å². The second kappa shape index (κ2) is 3.98. The van der Waals surface area contributed by atoms with E-state index in [-0.39, 0.29) is 11.4 Å². The summed E-state index contributed by atoms with van der Waals surface area (Å²) in [6.07, 6.45) is 4.63. The van der Waals surface area contributed by atoms with Crippen molar-refractivity contribution in [2.75, 3.05) is 5.73 Å². The molecule has 1 amide bonds. The van der Waals surface area contributed by atoms with Crippen molar-refractivity contribution >= 4 is 11.9 Å². The normalized spacial score (nSPS) is 15.9. The summed E-state index contributed by atoms with van der Waals surface area (Å²) < 4.78 is 0. The van der Waals surface area contributed by atoms with Gasteiger partial charge in [0.15, 0.2) is 0 Å². The highest BCUT2D eigenvalue weighted by Crippen LogP contribution is 2.47. The minimum absolute atomic E-state index is 0.130. The predicted octanol–water partition coefficient (Wildman–Crippen LogP) is 1.14. The Labute approximate surface area is 101 Å². The monoisotopic (exact) mass is 234 g/mol. The van der Waals surface area contributed by atoms with E-state index in [1.54, 1.807) is 0 Å². The molecule has 1 heterocycles. The molecular formula is C12H18N4O. The lowest BCUT2D eigenvalue weighted by Crippen LogP contribution is -2.23. The number of rotatable bonds is 4. The topological polar surface area (TPSA) is 94.9 Å². The van der Waals surface area contributed by atoms with Gasteiger partial charge in [-0.2, -0.15) is 0 Å². The number of carbonyl (C=O) groups excluding carboxylic acids is 1. The van der Waals surface area contributed by atoms with E-state index in [4.69, 9.17) is 11.5 Å². The van der Waals surface area contributed by atoms with Gasteiger partial charge in [0.1, 0.15) is 0 Å². The molecule has 0 spiro atoms. The molecule has 0 saturated heterocycles. The second-order valence-corrected chi connectivity index (χ2v) is 5.39. The van der Waals surface area contributed by atoms with Crippen molar-refractivity contribution < 1.29 is 4.79 Å². The number of aromatic nitrogens is 2. The van der Waals surface area contributed by atoms with E-state index in [0.717, 1.165) is 0 Å². The minimum Gasteiger partial charge on any atom is -0.368 e. The standard InChI is InChI=1S/C12H18N4O/c1-12(2,7-3-4-7)5-9-8(10(13)17)6-15-11(14)16-9/h6-7H,3-5H2,1-2H3,(H2,13,17)(H2,14,15,16). The van der Waals surface area contributed by atoms with E-state index in [0.29, 0.717) is 23.6 Å². The second-order valence-electron chi connectivity index (χ2n) is 5.39. The van der Waals surface area contributed by atoms with Crippen molar-refractivity contribution in [3.8, 4) is 0 Å². The molecule has 0 unspecified atom stereocenters. The van der Waals surface area contributed by atoms with Crippen LogP contribution in [-0.4, -0.2) is 15.9 Å². The smallest absolute Gasteiger partial charge is 0.252 e. The molecule has 92 valence electrons. The molecule has 17 heavy (non-hydrogen) atoms. The van der Waals surface area contributed by atoms with Gasteiger partial charge in [-0.05, 0) is 30.6 Å². The molecule has 5 nitrogen and oxygen atoms in total. The molecule has 1 aromatic heterocycles. The predicted molar refractivity (Wildman–Crippen MR) is 65.2 cm³/mol. The Morgan fingerprint density at radius 3 is 2.71 bits per heavy atom. The number of primary amides is 1. The maximum absolute atomic E-state index is 11.3. The van der Waals surface area contributed by atoms with Gasteiger partial charge in [0.25, 0.3) is 5.91 Å². The maximum atomic E-state index is 11.3. The quantitative estimate of drug-likeness (QED) is 0.816. The van der Waals surface area contributed by atoms with Gasteiger partial charge in [0.2, 0.25) is 5.95 Å². The number of hydrogen-bond donors (Lipinski definition) is 2. The van der Waals surface area contributed by atoms with Crippen molar-refractivity contribution in [2.45, 2.75) is 33.1 Å². The Kier molecular flexibility index (Phi) is 2.77. The Morgan fingerprint density at radius 2 is 2.18 bits per heavy atom. The summed E-state index contributed by atoms with van der Waals surface area (Å²) in [5.74, 6) is 0.405. The van der Waals surface area contributed by atoms with Crippen molar-refractivity contribution in [3.63, 3.8) is 0 Å². The highest BCUT2D eigenvalue weighted by atomic mass is 16.1. The van der Waals surface area contributed by atoms with Crippen LogP contribution in [0.4, 0.5) is 5.95 Å². The summed E-state index contributed by atoms with van der Waals surface area (Å²) in [6, 6.07) is 0. The van der Waals surface area contributed by atoms with E-state index in [9.17, 15) is 4.79 Å². The fourth-order valence-electron chi connectivity index (χ4n) is 2.21. The highest BCUT2D eigenvalue weighted by Gasteiger charge is 2.38. The molecule has 1 aliphatic rings. The third-order valence-electron chi connectivity index (χ3n) is 3.46. The summed E-state index contributed by atoms with van der Waals surface area (Å²) in [4.78, 5) is 19.3. The zero-order valence-corrected chi connectivity index (χ0v) is 10.2. The SMILES string of the molecule is CC(C)(Cc1nc(N)ncc1C(N)=O)C1CC1. The molecule has 4 N–H and O–H groups in total. The lowest BCUT2D eigenvalue weighted by atomic mass is 9.82. The summed E-state index contributed by atoms with van der Waals surface area (Å²) in [5.41, 5.74) is 12.1. The van der Waals surface area contributed by atoms with E-state index < -0.39 is 5.91 Å². The zero-order chi connectivity index (χ0) is 12.6. The van der Waals surface area contributed by atoms with E-state index >= 15 is 0 Å². The summed E-state index contributed by atoms with van der Waals surface area (Å²) in [7, 11) is 0. The molecule has 1 aliphatic carbocycles. The number of anilines is 1. The largest absolute Gasteiger partial charge is 0.368 e. The van der Waals surface area contributed by atoms with Crippen LogP contribution >= 0.6 is 0 Å². The molecular weight excluding hydrogens is 216 g/mol. The third-order valence-corrected chi connectivity index (χ3v) is 3.46. The fourth-order valence-corrected chi connectivity index (χ4v) is 2.21. The highest BCUT2D eigenvalue weighted by molar-refractivity contribution is 5.93. The molecule has 0 aliphatic heterocycles. The molecule has 0 bridgehead atoms. The summed E-state index contributed by atoms with van der Waals surface area (Å²) in [5, 5.41) is 0. The number of nitrogen functional groups attached to an aromatic ring is 1. The Balaban J connectivity index is 2.30. The van der Waals surface area contributed by atoms with Gasteiger partial charge in [-0.25, -0.2) is 9.97 Å². The molecule has 2 rings (SSSR count). The zero-order valence-electron chi connectivity index (χ0n) is 10.2. The fraction of sp³-hybridized carbons (Fsp3) is 0.583. The van der Waals surface area contributed by atoms with Gasteiger partial charge in [-0.15, -0.1) is 0 Å². The average molecular weight is 234 g/mol. The van der Waals surface area contributed by atoms with Gasteiger partial charge >= 0.3 is 0 Å². The van der Waals surface area contributed by atoms with Crippen LogP contribution in [0, 0.1) is 11.3 Å². The molecule has 0 aromatic carbocycles. The van der Waals surface area contributed by atoms with Gasteiger partial charge in [0.05, 0.1) is 11.3 Å². The van der Waals surface area contributed by atoms with Gasteiger partial charge in [-0.3, -0.25) is 4.79 Å². The molecule has 0 atom stereocenters. The molecule has 1 aromatic rings. The molecule has 5 heteroatoms. The van der Waals surface area contributed by atoms with Gasteiger partial charge in [0, 0.05) is 6.20 Å². The average Bonchev–Trinajstić information content (AvgIpc) is 2.99.